The van der Waals surface area contributed by atoms with Gasteiger partial charge in [-0.2, -0.15) is 0 Å². The number of rotatable bonds is 5. The van der Waals surface area contributed by atoms with E-state index in [2.05, 4.69) is 27.2 Å². The van der Waals surface area contributed by atoms with Crippen molar-refractivity contribution >= 4 is 0 Å². The predicted octanol–water partition coefficient (Wildman–Crippen LogP) is 0.678. The molecule has 1 N–H and O–H groups in total. The molecular weight excluding hydrogens is 244 g/mol. The van der Waals surface area contributed by atoms with Crippen molar-refractivity contribution in [1.29, 1.82) is 0 Å². The molecule has 0 amide bonds. The predicted molar refractivity (Wildman–Crippen MR) is 72.5 cm³/mol. The second kappa shape index (κ2) is 6.68. The molecule has 1 fully saturated rings. The molecule has 2 rings (SSSR count). The van der Waals surface area contributed by atoms with Crippen molar-refractivity contribution in [3.63, 3.8) is 0 Å². The molecule has 1 aromatic heterocycles. The first kappa shape index (κ1) is 14.0. The fourth-order valence-corrected chi connectivity index (χ4v) is 2.34. The first-order valence-electron chi connectivity index (χ1n) is 6.58. The van der Waals surface area contributed by atoms with E-state index >= 15 is 0 Å². The first-order valence-corrected chi connectivity index (χ1v) is 6.58. The fraction of sp³-hybridized carbons (Fsp3) is 0.692. The summed E-state index contributed by atoms with van der Waals surface area (Å²) in [6.07, 6.45) is 3.78. The SMILES string of the molecule is COc1ncnc(OC)c1CNC1CCN(C)CC1. The highest BCUT2D eigenvalue weighted by Crippen LogP contribution is 2.23. The van der Waals surface area contributed by atoms with Crippen molar-refractivity contribution in [3.05, 3.63) is 11.9 Å². The lowest BCUT2D eigenvalue weighted by molar-refractivity contribution is 0.233. The summed E-state index contributed by atoms with van der Waals surface area (Å²) in [4.78, 5) is 10.6. The van der Waals surface area contributed by atoms with Crippen molar-refractivity contribution in [2.45, 2.75) is 25.4 Å². The first-order chi connectivity index (χ1) is 9.24. The van der Waals surface area contributed by atoms with Crippen LogP contribution in [0.5, 0.6) is 11.8 Å². The number of hydrogen-bond acceptors (Lipinski definition) is 6. The molecule has 0 aliphatic carbocycles. The second-order valence-corrected chi connectivity index (χ2v) is 4.83. The maximum Gasteiger partial charge on any atom is 0.224 e. The van der Waals surface area contributed by atoms with Crippen LogP contribution in [0.3, 0.4) is 0 Å². The van der Waals surface area contributed by atoms with E-state index in [0.717, 1.165) is 31.5 Å². The molecule has 106 valence electrons. The highest BCUT2D eigenvalue weighted by molar-refractivity contribution is 5.34. The van der Waals surface area contributed by atoms with E-state index in [-0.39, 0.29) is 0 Å². The van der Waals surface area contributed by atoms with E-state index in [1.54, 1.807) is 14.2 Å². The van der Waals surface area contributed by atoms with Gasteiger partial charge in [0.05, 0.1) is 19.8 Å². The molecule has 0 bridgehead atoms. The summed E-state index contributed by atoms with van der Waals surface area (Å²) in [7, 11) is 5.38. The second-order valence-electron chi connectivity index (χ2n) is 4.83. The zero-order valence-corrected chi connectivity index (χ0v) is 11.8. The molecule has 0 atom stereocenters. The van der Waals surface area contributed by atoms with Crippen molar-refractivity contribution < 1.29 is 9.47 Å². The molecule has 0 saturated carbocycles. The van der Waals surface area contributed by atoms with E-state index in [4.69, 9.17) is 9.47 Å². The summed E-state index contributed by atoms with van der Waals surface area (Å²) in [5.41, 5.74) is 0.881. The fourth-order valence-electron chi connectivity index (χ4n) is 2.34. The number of nitrogens with one attached hydrogen (secondary N) is 1. The van der Waals surface area contributed by atoms with Crippen molar-refractivity contribution in [1.82, 2.24) is 20.2 Å². The highest BCUT2D eigenvalue weighted by Gasteiger charge is 2.18. The van der Waals surface area contributed by atoms with Crippen LogP contribution in [0.2, 0.25) is 0 Å². The molecule has 0 radical (unpaired) electrons. The van der Waals surface area contributed by atoms with E-state index in [0.29, 0.717) is 24.3 Å². The van der Waals surface area contributed by atoms with Gasteiger partial charge in [0.15, 0.2) is 0 Å². The Balaban J connectivity index is 1.98. The number of aromatic nitrogens is 2. The smallest absolute Gasteiger partial charge is 0.224 e. The number of hydrogen-bond donors (Lipinski definition) is 1. The third kappa shape index (κ3) is 3.54. The average molecular weight is 266 g/mol. The van der Waals surface area contributed by atoms with Gasteiger partial charge < -0.3 is 19.7 Å². The zero-order valence-electron chi connectivity index (χ0n) is 11.8. The molecule has 1 saturated heterocycles. The Hall–Kier alpha value is -1.40. The molecule has 19 heavy (non-hydrogen) atoms. The largest absolute Gasteiger partial charge is 0.481 e. The number of ether oxygens (including phenoxy) is 2. The van der Waals surface area contributed by atoms with Crippen molar-refractivity contribution in [2.75, 3.05) is 34.4 Å². The van der Waals surface area contributed by atoms with Crippen LogP contribution in [-0.4, -0.2) is 55.3 Å². The van der Waals surface area contributed by atoms with Gasteiger partial charge in [-0.3, -0.25) is 0 Å². The Labute approximate surface area is 114 Å². The summed E-state index contributed by atoms with van der Waals surface area (Å²) in [5, 5.41) is 3.54. The topological polar surface area (TPSA) is 59.5 Å². The molecule has 0 unspecified atom stereocenters. The van der Waals surface area contributed by atoms with E-state index < -0.39 is 0 Å². The van der Waals surface area contributed by atoms with Crippen LogP contribution >= 0.6 is 0 Å². The van der Waals surface area contributed by atoms with Gasteiger partial charge in [-0.25, -0.2) is 9.97 Å². The third-order valence-electron chi connectivity index (χ3n) is 3.54. The molecule has 1 aliphatic rings. The van der Waals surface area contributed by atoms with Crippen LogP contribution in [0.4, 0.5) is 0 Å². The third-order valence-corrected chi connectivity index (χ3v) is 3.54. The van der Waals surface area contributed by atoms with Gasteiger partial charge in [-0.05, 0) is 33.0 Å². The average Bonchev–Trinajstić information content (AvgIpc) is 2.46. The standard InChI is InChI=1S/C13H22N4O2/c1-17-6-4-10(5-7-17)14-8-11-12(18-2)15-9-16-13(11)19-3/h9-10,14H,4-8H2,1-3H3. The monoisotopic (exact) mass is 266 g/mol. The molecule has 0 spiro atoms. The van der Waals surface area contributed by atoms with Crippen LogP contribution in [0.1, 0.15) is 18.4 Å². The van der Waals surface area contributed by atoms with Gasteiger partial charge in [0.1, 0.15) is 6.33 Å². The highest BCUT2D eigenvalue weighted by atomic mass is 16.5. The zero-order chi connectivity index (χ0) is 13.7. The number of piperidine rings is 1. The van der Waals surface area contributed by atoms with Crippen LogP contribution in [0, 0.1) is 0 Å². The van der Waals surface area contributed by atoms with Crippen LogP contribution < -0.4 is 14.8 Å². The van der Waals surface area contributed by atoms with Crippen molar-refractivity contribution in [3.8, 4) is 11.8 Å². The quantitative estimate of drug-likeness (QED) is 0.845. The molecule has 0 aromatic carbocycles. The Morgan fingerprint density at radius 3 is 2.32 bits per heavy atom. The molecular formula is C13H22N4O2. The summed E-state index contributed by atoms with van der Waals surface area (Å²) >= 11 is 0. The Morgan fingerprint density at radius 2 is 1.79 bits per heavy atom. The Bertz CT molecular complexity index is 383. The van der Waals surface area contributed by atoms with Crippen molar-refractivity contribution in [2.24, 2.45) is 0 Å². The Kier molecular flexibility index (Phi) is 4.93. The van der Waals surface area contributed by atoms with E-state index in [1.165, 1.54) is 6.33 Å². The van der Waals surface area contributed by atoms with Gasteiger partial charge in [-0.15, -0.1) is 0 Å². The lowest BCUT2D eigenvalue weighted by Gasteiger charge is -2.29. The molecule has 6 nitrogen and oxygen atoms in total. The lowest BCUT2D eigenvalue weighted by Crippen LogP contribution is -2.40. The van der Waals surface area contributed by atoms with E-state index in [1.807, 2.05) is 0 Å². The summed E-state index contributed by atoms with van der Waals surface area (Å²) < 4.78 is 10.5. The van der Waals surface area contributed by atoms with Gasteiger partial charge in [0.25, 0.3) is 0 Å². The van der Waals surface area contributed by atoms with Gasteiger partial charge in [-0.1, -0.05) is 0 Å². The summed E-state index contributed by atoms with van der Waals surface area (Å²) in [6.45, 7) is 2.94. The maximum atomic E-state index is 5.27. The van der Waals surface area contributed by atoms with Crippen LogP contribution in [0.15, 0.2) is 6.33 Å². The summed E-state index contributed by atoms with van der Waals surface area (Å²) in [6, 6.07) is 0.533. The van der Waals surface area contributed by atoms with Gasteiger partial charge >= 0.3 is 0 Å². The number of methoxy groups -OCH3 is 2. The van der Waals surface area contributed by atoms with Gasteiger partial charge in [0, 0.05) is 12.6 Å². The normalized spacial score (nSPS) is 17.4. The van der Waals surface area contributed by atoms with E-state index in [9.17, 15) is 0 Å². The molecule has 2 heterocycles. The number of nitrogens with zero attached hydrogens (tertiary/aromatic N) is 3. The summed E-state index contributed by atoms with van der Waals surface area (Å²) in [5.74, 6) is 1.15. The van der Waals surface area contributed by atoms with Crippen LogP contribution in [0.25, 0.3) is 0 Å². The Morgan fingerprint density at radius 1 is 1.21 bits per heavy atom. The van der Waals surface area contributed by atoms with Gasteiger partial charge in [0.2, 0.25) is 11.8 Å². The minimum absolute atomic E-state index is 0.533. The molecule has 1 aromatic rings. The maximum absolute atomic E-state index is 5.27. The lowest BCUT2D eigenvalue weighted by atomic mass is 10.1. The number of likely N-dealkylation sites (tertiary alicyclic amines) is 1. The minimum Gasteiger partial charge on any atom is -0.481 e. The van der Waals surface area contributed by atoms with Crippen LogP contribution in [-0.2, 0) is 6.54 Å². The molecule has 1 aliphatic heterocycles. The molecule has 6 heteroatoms. The minimum atomic E-state index is 0.533.